The van der Waals surface area contributed by atoms with Gasteiger partial charge in [0.1, 0.15) is 0 Å². The van der Waals surface area contributed by atoms with Crippen LogP contribution in [-0.2, 0) is 0 Å². The molecule has 0 fully saturated rings. The van der Waals surface area contributed by atoms with Crippen molar-refractivity contribution < 1.29 is 0 Å². The molecule has 0 aromatic rings. The number of rotatable bonds is 8. The Morgan fingerprint density at radius 2 is 1.29 bits per heavy atom. The van der Waals surface area contributed by atoms with Gasteiger partial charge in [-0.3, -0.25) is 0 Å². The molecule has 0 aromatic carbocycles. The quantitative estimate of drug-likeness (QED) is 0.499. The van der Waals surface area contributed by atoms with E-state index in [0.717, 1.165) is 0 Å². The Balaban J connectivity index is 5.06. The average Bonchev–Trinajstić information content (AvgIpc) is 2.33. The molecule has 92 valence electrons. The second-order valence-electron chi connectivity index (χ2n) is 4.19. The zero-order chi connectivity index (χ0) is 13.2. The standard InChI is InChI=1S/C12H17ClN3P/c1-2-9-17(13,10-3-6-14,11-4-7-15)12-5-8-16/h2H,1,3-5,9-12H2. The fourth-order valence-corrected chi connectivity index (χ4v) is 6.81. The van der Waals surface area contributed by atoms with Gasteiger partial charge in [0.25, 0.3) is 0 Å². The molecule has 17 heavy (non-hydrogen) atoms. The van der Waals surface area contributed by atoms with Gasteiger partial charge in [0.05, 0.1) is 0 Å². The van der Waals surface area contributed by atoms with Gasteiger partial charge in [-0.25, -0.2) is 0 Å². The summed E-state index contributed by atoms with van der Waals surface area (Å²) in [5.74, 6) is -2.65. The van der Waals surface area contributed by atoms with E-state index in [1.54, 1.807) is 6.08 Å². The Morgan fingerprint density at radius 3 is 1.53 bits per heavy atom. The molecule has 0 aromatic heterocycles. The number of nitriles is 3. The van der Waals surface area contributed by atoms with Gasteiger partial charge >= 0.3 is 108 Å². The Hall–Kier alpha value is -1.07. The van der Waals surface area contributed by atoms with Crippen molar-refractivity contribution in [1.82, 2.24) is 0 Å². The molecule has 0 spiro atoms. The summed E-state index contributed by atoms with van der Waals surface area (Å²) in [6.07, 6.45) is 5.37. The zero-order valence-electron chi connectivity index (χ0n) is 9.90. The van der Waals surface area contributed by atoms with E-state index in [0.29, 0.717) is 43.9 Å². The first-order valence-corrected chi connectivity index (χ1v) is 9.36. The second kappa shape index (κ2) is 7.29. The Labute approximate surface area is 108 Å². The number of halogens is 1. The van der Waals surface area contributed by atoms with Crippen molar-refractivity contribution in [3.63, 3.8) is 0 Å². The monoisotopic (exact) mass is 269 g/mol. The van der Waals surface area contributed by atoms with Crippen molar-refractivity contribution in [3.05, 3.63) is 12.7 Å². The fraction of sp³-hybridized carbons (Fsp3) is 0.583. The minimum atomic E-state index is -2.65. The SMILES string of the molecule is C=CCP(Cl)(CCC#N)(CCC#N)CCC#N. The van der Waals surface area contributed by atoms with Gasteiger partial charge in [-0.1, -0.05) is 0 Å². The molecule has 0 N–H and O–H groups in total. The molecule has 0 amide bonds. The summed E-state index contributed by atoms with van der Waals surface area (Å²) >= 11 is 6.84. The predicted molar refractivity (Wildman–Crippen MR) is 73.1 cm³/mol. The van der Waals surface area contributed by atoms with Crippen LogP contribution in [0, 0.1) is 34.0 Å². The Kier molecular flexibility index (Phi) is 6.83. The topological polar surface area (TPSA) is 71.4 Å². The van der Waals surface area contributed by atoms with Gasteiger partial charge in [0.15, 0.2) is 0 Å². The number of nitrogens with zero attached hydrogens (tertiary/aromatic N) is 3. The minimum absolute atomic E-state index is 0.381. The molecule has 0 rings (SSSR count). The third kappa shape index (κ3) is 5.19. The molecule has 0 bridgehead atoms. The number of allylic oxidation sites excluding steroid dienone is 1. The van der Waals surface area contributed by atoms with E-state index in [9.17, 15) is 0 Å². The van der Waals surface area contributed by atoms with E-state index in [4.69, 9.17) is 27.0 Å². The van der Waals surface area contributed by atoms with Gasteiger partial charge < -0.3 is 0 Å². The van der Waals surface area contributed by atoms with Crippen molar-refractivity contribution in [2.45, 2.75) is 19.3 Å². The first kappa shape index (κ1) is 15.9. The van der Waals surface area contributed by atoms with E-state index in [2.05, 4.69) is 24.8 Å². The third-order valence-corrected chi connectivity index (χ3v) is 10.1. The number of hydrogen-bond donors (Lipinski definition) is 0. The van der Waals surface area contributed by atoms with E-state index >= 15 is 0 Å². The zero-order valence-corrected chi connectivity index (χ0v) is 11.6. The van der Waals surface area contributed by atoms with Crippen LogP contribution in [0.25, 0.3) is 0 Å². The van der Waals surface area contributed by atoms with Crippen molar-refractivity contribution in [2.75, 3.05) is 24.6 Å². The van der Waals surface area contributed by atoms with Crippen LogP contribution in [0.1, 0.15) is 19.3 Å². The van der Waals surface area contributed by atoms with Gasteiger partial charge in [0.2, 0.25) is 0 Å². The van der Waals surface area contributed by atoms with Gasteiger partial charge in [-0.05, 0) is 0 Å². The van der Waals surface area contributed by atoms with Crippen LogP contribution in [0.4, 0.5) is 0 Å². The molecule has 0 aliphatic carbocycles. The normalized spacial score (nSPS) is 12.5. The first-order chi connectivity index (χ1) is 8.04. The molecular formula is C12H17ClN3P. The molecule has 5 heteroatoms. The van der Waals surface area contributed by atoms with Gasteiger partial charge in [0, 0.05) is 0 Å². The number of hydrogen-bond acceptors (Lipinski definition) is 3. The van der Waals surface area contributed by atoms with Crippen molar-refractivity contribution >= 4 is 17.2 Å². The van der Waals surface area contributed by atoms with E-state index in [1.807, 2.05) is 0 Å². The third-order valence-electron chi connectivity index (χ3n) is 2.93. The predicted octanol–water partition coefficient (Wildman–Crippen LogP) is 3.62. The molecule has 3 nitrogen and oxygen atoms in total. The molecule has 0 heterocycles. The van der Waals surface area contributed by atoms with Crippen LogP contribution < -0.4 is 0 Å². The molecule has 0 atom stereocenters. The molecule has 0 aliphatic rings. The van der Waals surface area contributed by atoms with E-state index < -0.39 is 5.96 Å². The van der Waals surface area contributed by atoms with Crippen LogP contribution in [0.15, 0.2) is 12.7 Å². The van der Waals surface area contributed by atoms with Crippen molar-refractivity contribution in [1.29, 1.82) is 15.8 Å². The maximum absolute atomic E-state index is 8.72. The molecule has 0 radical (unpaired) electrons. The second-order valence-corrected chi connectivity index (χ2v) is 12.4. The maximum atomic E-state index is 8.72. The average molecular weight is 270 g/mol. The van der Waals surface area contributed by atoms with E-state index in [1.165, 1.54) is 0 Å². The summed E-state index contributed by atoms with van der Waals surface area (Å²) in [7, 11) is 0. The van der Waals surface area contributed by atoms with Crippen LogP contribution in [-0.4, -0.2) is 24.6 Å². The van der Waals surface area contributed by atoms with Crippen LogP contribution in [0.5, 0.6) is 0 Å². The summed E-state index contributed by atoms with van der Waals surface area (Å²) in [5.41, 5.74) is 0. The Morgan fingerprint density at radius 1 is 0.941 bits per heavy atom. The van der Waals surface area contributed by atoms with Crippen molar-refractivity contribution in [3.8, 4) is 18.2 Å². The molecule has 0 saturated heterocycles. The summed E-state index contributed by atoms with van der Waals surface area (Å²) < 4.78 is 0. The van der Waals surface area contributed by atoms with E-state index in [-0.39, 0.29) is 0 Å². The molecule has 0 saturated carbocycles. The summed E-state index contributed by atoms with van der Waals surface area (Å²) in [6, 6.07) is 6.32. The van der Waals surface area contributed by atoms with Crippen LogP contribution in [0.2, 0.25) is 0 Å². The molecule has 0 unspecified atom stereocenters. The molecule has 0 aliphatic heterocycles. The van der Waals surface area contributed by atoms with Gasteiger partial charge in [-0.2, -0.15) is 0 Å². The summed E-state index contributed by atoms with van der Waals surface area (Å²) in [4.78, 5) is 0. The van der Waals surface area contributed by atoms with Crippen LogP contribution >= 0.6 is 17.2 Å². The Bertz CT molecular complexity index is 338. The van der Waals surface area contributed by atoms with Crippen molar-refractivity contribution in [2.24, 2.45) is 0 Å². The fourth-order valence-electron chi connectivity index (χ4n) is 1.92. The first-order valence-electron chi connectivity index (χ1n) is 5.48. The summed E-state index contributed by atoms with van der Waals surface area (Å²) in [5, 5.41) is 26.2. The van der Waals surface area contributed by atoms with Crippen LogP contribution in [0.3, 0.4) is 0 Å². The van der Waals surface area contributed by atoms with Gasteiger partial charge in [-0.15, -0.1) is 0 Å². The summed E-state index contributed by atoms with van der Waals surface area (Å²) in [6.45, 7) is 3.71. The molecular weight excluding hydrogens is 253 g/mol.